The Morgan fingerprint density at radius 1 is 1.20 bits per heavy atom. The van der Waals surface area contributed by atoms with E-state index in [-0.39, 0.29) is 28.4 Å². The van der Waals surface area contributed by atoms with E-state index in [1.54, 1.807) is 37.4 Å². The van der Waals surface area contributed by atoms with E-state index in [9.17, 15) is 19.5 Å². The summed E-state index contributed by atoms with van der Waals surface area (Å²) in [6, 6.07) is 10.8. The summed E-state index contributed by atoms with van der Waals surface area (Å²) in [5.74, 6) is -0.442. The van der Waals surface area contributed by atoms with E-state index < -0.39 is 12.0 Å². The van der Waals surface area contributed by atoms with Crippen LogP contribution in [0.2, 0.25) is 0 Å². The van der Waals surface area contributed by atoms with Gasteiger partial charge < -0.3 is 14.8 Å². The van der Waals surface area contributed by atoms with Crippen molar-refractivity contribution < 1.29 is 23.8 Å². The summed E-state index contributed by atoms with van der Waals surface area (Å²) in [6.07, 6.45) is 8.37. The minimum absolute atomic E-state index is 0.0132. The molecule has 2 aromatic carbocycles. The monoisotopic (exact) mass is 538 g/mol. The van der Waals surface area contributed by atoms with Crippen molar-refractivity contribution in [3.8, 4) is 0 Å². The number of para-hydroxylation sites is 1. The van der Waals surface area contributed by atoms with Crippen LogP contribution >= 0.6 is 0 Å². The van der Waals surface area contributed by atoms with Crippen molar-refractivity contribution in [2.75, 3.05) is 0 Å². The fourth-order valence-corrected chi connectivity index (χ4v) is 5.49. The van der Waals surface area contributed by atoms with Gasteiger partial charge in [-0.2, -0.15) is 0 Å². The third-order valence-corrected chi connectivity index (χ3v) is 7.83. The molecule has 8 nitrogen and oxygen atoms in total. The highest BCUT2D eigenvalue weighted by Gasteiger charge is 2.30. The molecule has 2 atom stereocenters. The van der Waals surface area contributed by atoms with Crippen molar-refractivity contribution in [3.05, 3.63) is 105 Å². The van der Waals surface area contributed by atoms with Crippen LogP contribution in [0.15, 0.2) is 81.3 Å². The highest BCUT2D eigenvalue weighted by Crippen LogP contribution is 2.34. The number of carboxylic acid groups (broad SMARTS) is 1. The summed E-state index contributed by atoms with van der Waals surface area (Å²) >= 11 is 0. The van der Waals surface area contributed by atoms with Gasteiger partial charge in [0.2, 0.25) is 11.7 Å². The number of carboxylic acids is 1. The zero-order valence-corrected chi connectivity index (χ0v) is 22.8. The number of carbonyl (C=O) groups excluding carboxylic acids is 1. The molecular formula is C32H32N3O5+. The number of ketones is 1. The lowest BCUT2D eigenvalue weighted by Gasteiger charge is -2.13. The number of carbonyl (C=O) groups is 2. The number of hydrogen-bond donors (Lipinski definition) is 3. The molecule has 1 aliphatic heterocycles. The summed E-state index contributed by atoms with van der Waals surface area (Å²) in [6.45, 7) is 5.69. The van der Waals surface area contributed by atoms with E-state index in [0.717, 1.165) is 40.8 Å². The van der Waals surface area contributed by atoms with Gasteiger partial charge in [0.25, 0.3) is 0 Å². The Labute approximate surface area is 231 Å². The Bertz CT molecular complexity index is 1710. The zero-order valence-electron chi connectivity index (χ0n) is 22.8. The van der Waals surface area contributed by atoms with E-state index in [4.69, 9.17) is 9.95 Å². The van der Waals surface area contributed by atoms with Gasteiger partial charge in [0.05, 0.1) is 10.9 Å². The molecule has 0 bridgehead atoms. The third kappa shape index (κ3) is 5.04. The minimum Gasteiger partial charge on any atom is -0.477 e. The number of hydrogen-bond acceptors (Lipinski definition) is 6. The maximum absolute atomic E-state index is 13.3. The van der Waals surface area contributed by atoms with Crippen LogP contribution in [-0.4, -0.2) is 21.6 Å². The summed E-state index contributed by atoms with van der Waals surface area (Å²) in [7, 11) is 0. The molecule has 1 aromatic heterocycles. The number of benzene rings is 2. The van der Waals surface area contributed by atoms with Crippen LogP contribution in [0.4, 0.5) is 5.69 Å². The van der Waals surface area contributed by atoms with Gasteiger partial charge in [-0.1, -0.05) is 35.4 Å². The lowest BCUT2D eigenvalue weighted by Crippen LogP contribution is -2.14. The molecule has 3 N–H and O–H groups in total. The van der Waals surface area contributed by atoms with Gasteiger partial charge in [0, 0.05) is 48.9 Å². The number of rotatable bonds is 6. The lowest BCUT2D eigenvalue weighted by molar-refractivity contribution is -0.576. The smallest absolute Gasteiger partial charge is 0.342 e. The molecule has 0 saturated heterocycles. The first-order valence-corrected chi connectivity index (χ1v) is 13.5. The summed E-state index contributed by atoms with van der Waals surface area (Å²) in [5, 5.41) is 13.4. The highest BCUT2D eigenvalue weighted by atomic mass is 16.4. The Balaban J connectivity index is 1.55. The number of aromatic carboxylic acids is 1. The summed E-state index contributed by atoms with van der Waals surface area (Å²) < 4.78 is 7.51. The second kappa shape index (κ2) is 10.9. The van der Waals surface area contributed by atoms with Gasteiger partial charge in [-0.05, 0) is 61.6 Å². The number of Topliss-reactive ketones (excluding diaryl/α,β-unsaturated/α-hetero) is 1. The summed E-state index contributed by atoms with van der Waals surface area (Å²) in [4.78, 5) is 37.8. The SMILES string of the molecule is CCC1CCC2=C(C=CC(c3cc(=O)c4cc(C)cc(C(C)[N+](=N)c5ccccc5C(=O)O)c4o3)=CN2)CC1=O. The maximum atomic E-state index is 13.3. The Kier molecular flexibility index (Phi) is 7.34. The van der Waals surface area contributed by atoms with Crippen molar-refractivity contribution >= 4 is 34.0 Å². The molecule has 8 heteroatoms. The van der Waals surface area contributed by atoms with Crippen molar-refractivity contribution in [1.82, 2.24) is 5.32 Å². The Morgan fingerprint density at radius 2 is 1.98 bits per heavy atom. The van der Waals surface area contributed by atoms with Crippen LogP contribution < -0.4 is 10.7 Å². The molecule has 0 saturated carbocycles. The molecule has 0 spiro atoms. The van der Waals surface area contributed by atoms with Gasteiger partial charge in [-0.3, -0.25) is 9.59 Å². The third-order valence-electron chi connectivity index (χ3n) is 7.83. The predicted octanol–water partition coefficient (Wildman–Crippen LogP) is 6.77. The molecule has 2 aliphatic rings. The molecule has 3 aromatic rings. The standard InChI is InChI=1S/C32H31N3O5/c1-4-20-11-12-26-21(15-28(20)36)9-10-22(17-34-26)30-16-29(37)25-14-18(2)13-24(31(25)40-30)19(3)35(33)27-8-6-5-7-23(27)32(38)39/h5-10,13-14,16-17,19-20,33H,4,11-12,15H2,1-3H3,(H-,34,37,38,39)/p+1. The van der Waals surface area contributed by atoms with E-state index in [1.165, 1.54) is 12.1 Å². The second-order valence-electron chi connectivity index (χ2n) is 10.4. The molecule has 2 heterocycles. The normalized spacial score (nSPS) is 17.9. The minimum atomic E-state index is -1.12. The van der Waals surface area contributed by atoms with Gasteiger partial charge in [0.1, 0.15) is 22.7 Å². The number of aryl methyl sites for hydroxylation is 1. The van der Waals surface area contributed by atoms with Gasteiger partial charge >= 0.3 is 5.97 Å². The molecule has 1 aliphatic carbocycles. The topological polar surface area (TPSA) is 123 Å². The van der Waals surface area contributed by atoms with Crippen molar-refractivity contribution in [2.45, 2.75) is 52.5 Å². The van der Waals surface area contributed by atoms with Gasteiger partial charge in [-0.25, -0.2) is 4.79 Å². The molecule has 204 valence electrons. The quantitative estimate of drug-likeness (QED) is 0.235. The first-order valence-electron chi connectivity index (χ1n) is 13.5. The van der Waals surface area contributed by atoms with Crippen LogP contribution in [-0.2, 0) is 4.79 Å². The molecule has 0 fully saturated rings. The molecular weight excluding hydrogens is 506 g/mol. The number of nitrogens with zero attached hydrogens (tertiary/aromatic N) is 1. The van der Waals surface area contributed by atoms with Gasteiger partial charge in [-0.15, -0.1) is 0 Å². The first kappa shape index (κ1) is 27.0. The fourth-order valence-electron chi connectivity index (χ4n) is 5.49. The Hall–Kier alpha value is -4.59. The number of nitrogens with one attached hydrogen (secondary N) is 2. The fraction of sp³-hybridized carbons (Fsp3) is 0.281. The lowest BCUT2D eigenvalue weighted by atomic mass is 9.95. The second-order valence-corrected chi connectivity index (χ2v) is 10.4. The average molecular weight is 539 g/mol. The van der Waals surface area contributed by atoms with Crippen LogP contribution in [0.1, 0.15) is 72.8 Å². The number of fused-ring (bicyclic) bond motifs is 1. The largest absolute Gasteiger partial charge is 0.477 e. The highest BCUT2D eigenvalue weighted by molar-refractivity contribution is 5.92. The van der Waals surface area contributed by atoms with E-state index in [1.807, 2.05) is 32.1 Å². The van der Waals surface area contributed by atoms with Crippen LogP contribution in [0.5, 0.6) is 0 Å². The van der Waals surface area contributed by atoms with Crippen LogP contribution in [0, 0.1) is 18.4 Å². The predicted molar refractivity (Wildman–Crippen MR) is 152 cm³/mol. The molecule has 2 unspecified atom stereocenters. The molecule has 0 amide bonds. The molecule has 0 radical (unpaired) electrons. The Morgan fingerprint density at radius 3 is 2.73 bits per heavy atom. The zero-order chi connectivity index (χ0) is 28.6. The van der Waals surface area contributed by atoms with Gasteiger partial charge in [0.15, 0.2) is 5.43 Å². The van der Waals surface area contributed by atoms with Crippen molar-refractivity contribution in [2.24, 2.45) is 5.92 Å². The van der Waals surface area contributed by atoms with Crippen molar-refractivity contribution in [3.63, 3.8) is 0 Å². The molecule has 5 rings (SSSR count). The average Bonchev–Trinajstić information content (AvgIpc) is 3.23. The molecule has 40 heavy (non-hydrogen) atoms. The van der Waals surface area contributed by atoms with E-state index in [0.29, 0.717) is 34.3 Å². The van der Waals surface area contributed by atoms with Crippen molar-refractivity contribution in [1.29, 1.82) is 5.53 Å². The van der Waals surface area contributed by atoms with Crippen LogP contribution in [0.25, 0.3) is 16.5 Å². The summed E-state index contributed by atoms with van der Waals surface area (Å²) in [5.41, 5.74) is 13.2. The van der Waals surface area contributed by atoms with E-state index in [2.05, 4.69) is 5.32 Å². The first-order chi connectivity index (χ1) is 19.2. The van der Waals surface area contributed by atoms with E-state index >= 15 is 0 Å². The number of allylic oxidation sites excluding steroid dienone is 5. The van der Waals surface area contributed by atoms with Crippen LogP contribution in [0.3, 0.4) is 0 Å². The maximum Gasteiger partial charge on any atom is 0.342 e.